The molecule has 1 unspecified atom stereocenters. The van der Waals surface area contributed by atoms with E-state index in [1.54, 1.807) is 0 Å². The summed E-state index contributed by atoms with van der Waals surface area (Å²) in [5.74, 6) is 3.56. The molecule has 1 atom stereocenters. The molecule has 0 aromatic heterocycles. The second-order valence-corrected chi connectivity index (χ2v) is 10.3. The molecule has 0 aromatic carbocycles. The molecule has 1 fully saturated rings. The van der Waals surface area contributed by atoms with Crippen molar-refractivity contribution in [1.82, 2.24) is 4.90 Å². The van der Waals surface area contributed by atoms with Crippen LogP contribution in [0.15, 0.2) is 0 Å². The first kappa shape index (κ1) is 14.3. The van der Waals surface area contributed by atoms with Gasteiger partial charge in [-0.3, -0.25) is 4.79 Å². The number of carbonyl (C=O) groups is 1. The number of hydrogen-bond donors (Lipinski definition) is 0. The summed E-state index contributed by atoms with van der Waals surface area (Å²) in [5, 5.41) is 0. The van der Waals surface area contributed by atoms with Gasteiger partial charge in [-0.1, -0.05) is 26.7 Å². The number of rotatable bonds is 3. The van der Waals surface area contributed by atoms with E-state index in [0.29, 0.717) is 0 Å². The largest absolute Gasteiger partial charge is 0.344 e. The minimum atomic E-state index is -1.42. The second kappa shape index (κ2) is 5.26. The number of nitrogens with zero attached hydrogens (tertiary/aromatic N) is 1. The van der Waals surface area contributed by atoms with Crippen LogP contribution in [0.25, 0.3) is 0 Å². The molecule has 17 heavy (non-hydrogen) atoms. The van der Waals surface area contributed by atoms with Crippen LogP contribution in [-0.2, 0) is 4.79 Å². The minimum Gasteiger partial charge on any atom is -0.344 e. The second-order valence-electron chi connectivity index (χ2n) is 5.40. The summed E-state index contributed by atoms with van der Waals surface area (Å²) in [4.78, 5) is 13.9. The fourth-order valence-corrected chi connectivity index (χ4v) is 4.99. The molecule has 1 aliphatic heterocycles. The maximum Gasteiger partial charge on any atom is 0.240 e. The van der Waals surface area contributed by atoms with Crippen LogP contribution >= 0.6 is 0 Å². The minimum absolute atomic E-state index is 0.205. The molecule has 0 saturated carbocycles. The van der Waals surface area contributed by atoms with Gasteiger partial charge in [0.1, 0.15) is 13.5 Å². The van der Waals surface area contributed by atoms with Gasteiger partial charge in [0.15, 0.2) is 0 Å². The van der Waals surface area contributed by atoms with Gasteiger partial charge in [0.05, 0.1) is 0 Å². The molecule has 0 bridgehead atoms. The lowest BCUT2D eigenvalue weighted by Gasteiger charge is -2.22. The number of carbonyl (C=O) groups excluding carboxylic acids is 1. The Kier molecular flexibility index (Phi) is 4.43. The van der Waals surface area contributed by atoms with E-state index in [9.17, 15) is 4.79 Å². The smallest absolute Gasteiger partial charge is 0.240 e. The topological polar surface area (TPSA) is 20.3 Å². The highest BCUT2D eigenvalue weighted by atomic mass is 28.3. The third-order valence-electron chi connectivity index (χ3n) is 4.40. The van der Waals surface area contributed by atoms with E-state index in [0.717, 1.165) is 13.0 Å². The number of amides is 1. The summed E-state index contributed by atoms with van der Waals surface area (Å²) in [7, 11) is 0.459. The fraction of sp³-hybridized carbons (Fsp3) is 0.786. The number of hydrogen-bond acceptors (Lipinski definition) is 1. The van der Waals surface area contributed by atoms with Crippen LogP contribution in [0.3, 0.4) is 0 Å². The Balaban J connectivity index is 2.94. The molecular weight excluding hydrogens is 226 g/mol. The van der Waals surface area contributed by atoms with Gasteiger partial charge in [0.25, 0.3) is 0 Å². The van der Waals surface area contributed by atoms with Crippen LogP contribution < -0.4 is 0 Å². The van der Waals surface area contributed by atoms with Gasteiger partial charge in [-0.15, -0.1) is 5.54 Å². The summed E-state index contributed by atoms with van der Waals surface area (Å²) in [6, 6.07) is 3.60. The van der Waals surface area contributed by atoms with Crippen molar-refractivity contribution in [3.8, 4) is 11.5 Å². The van der Waals surface area contributed by atoms with Crippen molar-refractivity contribution in [3.05, 3.63) is 0 Å². The first-order valence-electron chi connectivity index (χ1n) is 6.73. The zero-order valence-electron chi connectivity index (χ0n) is 11.9. The van der Waals surface area contributed by atoms with Crippen LogP contribution in [0.4, 0.5) is 0 Å². The molecule has 0 aliphatic carbocycles. The van der Waals surface area contributed by atoms with Crippen molar-refractivity contribution in [2.45, 2.75) is 52.2 Å². The van der Waals surface area contributed by atoms with E-state index in [1.165, 1.54) is 18.1 Å². The molecule has 1 saturated heterocycles. The first-order valence-corrected chi connectivity index (χ1v) is 9.35. The van der Waals surface area contributed by atoms with Crippen molar-refractivity contribution in [1.29, 1.82) is 0 Å². The molecule has 0 spiro atoms. The van der Waals surface area contributed by atoms with Crippen molar-refractivity contribution in [3.63, 3.8) is 0 Å². The lowest BCUT2D eigenvalue weighted by molar-refractivity contribution is -0.131. The maximum atomic E-state index is 12.0. The molecule has 1 amide bonds. The van der Waals surface area contributed by atoms with Crippen LogP contribution in [0.1, 0.15) is 34.1 Å². The van der Waals surface area contributed by atoms with E-state index in [4.69, 9.17) is 0 Å². The SMILES string of the molecule is CC[Si](C#CC1(C)CCN(C)C1=O)(CC)CC. The average molecular weight is 251 g/mol. The summed E-state index contributed by atoms with van der Waals surface area (Å²) in [6.07, 6.45) is 0.886. The molecule has 0 aromatic rings. The lowest BCUT2D eigenvalue weighted by atomic mass is 9.90. The molecule has 0 N–H and O–H groups in total. The normalized spacial score (nSPS) is 24.8. The molecule has 96 valence electrons. The van der Waals surface area contributed by atoms with Crippen molar-refractivity contribution in [2.75, 3.05) is 13.6 Å². The van der Waals surface area contributed by atoms with Crippen molar-refractivity contribution < 1.29 is 4.79 Å². The van der Waals surface area contributed by atoms with Gasteiger partial charge in [-0.05, 0) is 31.5 Å². The first-order chi connectivity index (χ1) is 7.93. The standard InChI is InChI=1S/C14H25NOSi/c1-6-17(7-2,8-3)12-10-14(4)9-11-15(5)13(14)16/h6-9,11H2,1-5H3. The molecule has 3 heteroatoms. The van der Waals surface area contributed by atoms with Crippen molar-refractivity contribution >= 4 is 14.0 Å². The zero-order valence-corrected chi connectivity index (χ0v) is 12.9. The molecule has 2 nitrogen and oxygen atoms in total. The highest BCUT2D eigenvalue weighted by Gasteiger charge is 2.40. The van der Waals surface area contributed by atoms with Crippen LogP contribution in [0.5, 0.6) is 0 Å². The molecular formula is C14H25NOSi. The van der Waals surface area contributed by atoms with Gasteiger partial charge in [-0.2, -0.15) is 0 Å². The van der Waals surface area contributed by atoms with E-state index >= 15 is 0 Å². The predicted octanol–water partition coefficient (Wildman–Crippen LogP) is 2.91. The van der Waals surface area contributed by atoms with Gasteiger partial charge < -0.3 is 4.90 Å². The Morgan fingerprint density at radius 2 is 1.82 bits per heavy atom. The van der Waals surface area contributed by atoms with Gasteiger partial charge in [0.2, 0.25) is 5.91 Å². The Morgan fingerprint density at radius 3 is 2.18 bits per heavy atom. The monoisotopic (exact) mass is 251 g/mol. The van der Waals surface area contributed by atoms with E-state index in [1.807, 2.05) is 18.9 Å². The Labute approximate surface area is 107 Å². The van der Waals surface area contributed by atoms with Crippen LogP contribution in [0.2, 0.25) is 18.1 Å². The van der Waals surface area contributed by atoms with E-state index in [-0.39, 0.29) is 5.91 Å². The zero-order chi connectivity index (χ0) is 13.1. The van der Waals surface area contributed by atoms with Crippen LogP contribution in [0, 0.1) is 16.9 Å². The summed E-state index contributed by atoms with van der Waals surface area (Å²) in [6.45, 7) is 9.60. The van der Waals surface area contributed by atoms with E-state index in [2.05, 4.69) is 32.2 Å². The Morgan fingerprint density at radius 1 is 1.29 bits per heavy atom. The molecule has 1 aliphatic rings. The van der Waals surface area contributed by atoms with Crippen LogP contribution in [-0.4, -0.2) is 32.5 Å². The summed E-state index contributed by atoms with van der Waals surface area (Å²) < 4.78 is 0. The molecule has 1 rings (SSSR count). The highest BCUT2D eigenvalue weighted by Crippen LogP contribution is 2.30. The highest BCUT2D eigenvalue weighted by molar-refractivity contribution is 6.87. The van der Waals surface area contributed by atoms with Gasteiger partial charge in [0, 0.05) is 13.6 Å². The fourth-order valence-electron chi connectivity index (χ4n) is 2.42. The maximum absolute atomic E-state index is 12.0. The number of likely N-dealkylation sites (tertiary alicyclic amines) is 1. The third kappa shape index (κ3) is 2.74. The average Bonchev–Trinajstić information content (AvgIpc) is 2.61. The molecule has 0 radical (unpaired) electrons. The predicted molar refractivity (Wildman–Crippen MR) is 75.3 cm³/mol. The quantitative estimate of drug-likeness (QED) is 0.558. The summed E-state index contributed by atoms with van der Waals surface area (Å²) in [5.41, 5.74) is 3.15. The summed E-state index contributed by atoms with van der Waals surface area (Å²) >= 11 is 0. The Bertz CT molecular complexity index is 343. The third-order valence-corrected chi connectivity index (χ3v) is 9.12. The van der Waals surface area contributed by atoms with E-state index < -0.39 is 13.5 Å². The van der Waals surface area contributed by atoms with Gasteiger partial charge >= 0.3 is 0 Å². The van der Waals surface area contributed by atoms with Gasteiger partial charge in [-0.25, -0.2) is 0 Å². The lowest BCUT2D eigenvalue weighted by Crippen LogP contribution is -2.32. The Hall–Kier alpha value is -0.753. The molecule has 1 heterocycles. The van der Waals surface area contributed by atoms with Crippen molar-refractivity contribution in [2.24, 2.45) is 5.41 Å².